The Labute approximate surface area is 95.8 Å². The summed E-state index contributed by atoms with van der Waals surface area (Å²) >= 11 is 0. The molecule has 0 unspecified atom stereocenters. The van der Waals surface area contributed by atoms with Gasteiger partial charge in [0.2, 0.25) is 0 Å². The Morgan fingerprint density at radius 2 is 1.75 bits per heavy atom. The summed E-state index contributed by atoms with van der Waals surface area (Å²) in [4.78, 5) is 25.4. The van der Waals surface area contributed by atoms with Crippen LogP contribution in [0.4, 0.5) is 4.79 Å². The summed E-state index contributed by atoms with van der Waals surface area (Å²) in [7, 11) is 1.51. The molecule has 0 aromatic rings. The number of aliphatic carboxylic acids is 1. The minimum Gasteiger partial charge on any atom is -0.480 e. The number of urea groups is 1. The van der Waals surface area contributed by atoms with Gasteiger partial charge in [0.15, 0.2) is 0 Å². The van der Waals surface area contributed by atoms with Crippen LogP contribution in [0.1, 0.15) is 13.8 Å². The number of hydrogen-bond acceptors (Lipinski definition) is 3. The molecule has 16 heavy (non-hydrogen) atoms. The number of amides is 2. The van der Waals surface area contributed by atoms with Crippen molar-refractivity contribution in [2.45, 2.75) is 13.8 Å². The molecule has 6 nitrogen and oxygen atoms in total. The lowest BCUT2D eigenvalue weighted by Crippen LogP contribution is -2.46. The van der Waals surface area contributed by atoms with Crippen molar-refractivity contribution in [1.29, 1.82) is 0 Å². The van der Waals surface area contributed by atoms with Crippen LogP contribution in [0.15, 0.2) is 0 Å². The Kier molecular flexibility index (Phi) is 7.28. The van der Waals surface area contributed by atoms with E-state index in [9.17, 15) is 9.59 Å². The molecule has 0 heterocycles. The van der Waals surface area contributed by atoms with Crippen molar-refractivity contribution in [2.24, 2.45) is 0 Å². The number of carboxylic acid groups (broad SMARTS) is 1. The van der Waals surface area contributed by atoms with Gasteiger partial charge in [-0.1, -0.05) is 0 Å². The van der Waals surface area contributed by atoms with E-state index < -0.39 is 5.97 Å². The molecule has 6 heteroatoms. The average molecular weight is 232 g/mol. The van der Waals surface area contributed by atoms with Gasteiger partial charge < -0.3 is 19.6 Å². The quantitative estimate of drug-likeness (QED) is 0.693. The molecule has 0 spiro atoms. The normalized spacial score (nSPS) is 9.94. The number of nitrogens with zero attached hydrogens (tertiary/aromatic N) is 2. The lowest BCUT2D eigenvalue weighted by Gasteiger charge is -2.27. The van der Waals surface area contributed by atoms with Crippen LogP contribution in [-0.4, -0.2) is 66.8 Å². The van der Waals surface area contributed by atoms with E-state index in [0.717, 1.165) is 0 Å². The fourth-order valence-electron chi connectivity index (χ4n) is 1.30. The average Bonchev–Trinajstić information content (AvgIpc) is 2.25. The zero-order chi connectivity index (χ0) is 12.6. The fraction of sp³-hybridized carbons (Fsp3) is 0.800. The molecule has 2 amide bonds. The minimum absolute atomic E-state index is 0.260. The highest BCUT2D eigenvalue weighted by atomic mass is 16.5. The maximum atomic E-state index is 11.9. The molecule has 0 aliphatic heterocycles. The Balaban J connectivity index is 4.46. The van der Waals surface area contributed by atoms with Crippen molar-refractivity contribution in [3.05, 3.63) is 0 Å². The Morgan fingerprint density at radius 1 is 1.19 bits per heavy atom. The van der Waals surface area contributed by atoms with E-state index in [1.807, 2.05) is 13.8 Å². The first-order chi connectivity index (χ1) is 7.56. The highest BCUT2D eigenvalue weighted by Crippen LogP contribution is 1.99. The first kappa shape index (κ1) is 14.7. The minimum atomic E-state index is -1.02. The van der Waals surface area contributed by atoms with Gasteiger partial charge in [0.1, 0.15) is 6.54 Å². The van der Waals surface area contributed by atoms with Crippen LogP contribution < -0.4 is 0 Å². The van der Waals surface area contributed by atoms with Gasteiger partial charge in [-0.25, -0.2) is 4.79 Å². The van der Waals surface area contributed by atoms with Gasteiger partial charge in [0.25, 0.3) is 0 Å². The van der Waals surface area contributed by atoms with Gasteiger partial charge in [-0.05, 0) is 13.8 Å². The van der Waals surface area contributed by atoms with Gasteiger partial charge in [0, 0.05) is 26.7 Å². The van der Waals surface area contributed by atoms with Crippen molar-refractivity contribution in [1.82, 2.24) is 9.80 Å². The predicted octanol–water partition coefficient (Wildman–Crippen LogP) is 0.481. The van der Waals surface area contributed by atoms with E-state index >= 15 is 0 Å². The van der Waals surface area contributed by atoms with E-state index in [-0.39, 0.29) is 19.1 Å². The number of hydrogen-bond donors (Lipinski definition) is 1. The van der Waals surface area contributed by atoms with Crippen LogP contribution in [0.2, 0.25) is 0 Å². The van der Waals surface area contributed by atoms with Gasteiger partial charge in [-0.15, -0.1) is 0 Å². The van der Waals surface area contributed by atoms with Crippen molar-refractivity contribution in [2.75, 3.05) is 39.9 Å². The van der Waals surface area contributed by atoms with Crippen LogP contribution in [0, 0.1) is 0 Å². The molecule has 0 aromatic heterocycles. The zero-order valence-corrected chi connectivity index (χ0v) is 10.1. The fourth-order valence-corrected chi connectivity index (χ4v) is 1.30. The number of carbonyl (C=O) groups excluding carboxylic acids is 1. The number of methoxy groups -OCH3 is 1. The molecule has 0 aromatic carbocycles. The van der Waals surface area contributed by atoms with Crippen molar-refractivity contribution in [3.63, 3.8) is 0 Å². The third-order valence-corrected chi connectivity index (χ3v) is 2.20. The molecule has 0 radical (unpaired) electrons. The maximum Gasteiger partial charge on any atom is 0.323 e. The lowest BCUT2D eigenvalue weighted by molar-refractivity contribution is -0.137. The molecule has 0 aliphatic rings. The van der Waals surface area contributed by atoms with Crippen molar-refractivity contribution < 1.29 is 19.4 Å². The second kappa shape index (κ2) is 7.92. The summed E-state index contributed by atoms with van der Waals surface area (Å²) in [5.74, 6) is -1.02. The molecule has 0 saturated heterocycles. The van der Waals surface area contributed by atoms with E-state index in [1.165, 1.54) is 12.0 Å². The van der Waals surface area contributed by atoms with Crippen LogP contribution in [-0.2, 0) is 9.53 Å². The van der Waals surface area contributed by atoms with Gasteiger partial charge in [-0.3, -0.25) is 4.79 Å². The molecule has 0 atom stereocenters. The summed E-state index contributed by atoms with van der Waals surface area (Å²) in [5.41, 5.74) is 0. The summed E-state index contributed by atoms with van der Waals surface area (Å²) in [6.07, 6.45) is 0. The van der Waals surface area contributed by atoms with Gasteiger partial charge in [-0.2, -0.15) is 0 Å². The summed E-state index contributed by atoms with van der Waals surface area (Å²) in [6.45, 7) is 5.18. The van der Waals surface area contributed by atoms with Crippen molar-refractivity contribution >= 4 is 12.0 Å². The standard InChI is InChI=1S/C10H20N2O4/c1-4-11(5-2)10(15)12(6-7-16-3)8-9(13)14/h4-8H2,1-3H3,(H,13,14). The highest BCUT2D eigenvalue weighted by Gasteiger charge is 2.20. The molecular weight excluding hydrogens is 212 g/mol. The predicted molar refractivity (Wildman–Crippen MR) is 59.4 cm³/mol. The molecule has 0 fully saturated rings. The van der Waals surface area contributed by atoms with Crippen LogP contribution in [0.3, 0.4) is 0 Å². The highest BCUT2D eigenvalue weighted by molar-refractivity contribution is 5.80. The van der Waals surface area contributed by atoms with Crippen molar-refractivity contribution in [3.8, 4) is 0 Å². The Bertz CT molecular complexity index is 229. The zero-order valence-electron chi connectivity index (χ0n) is 10.1. The van der Waals surface area contributed by atoms with Gasteiger partial charge in [0.05, 0.1) is 6.61 Å². The SMILES string of the molecule is CCN(CC)C(=O)N(CCOC)CC(=O)O. The Morgan fingerprint density at radius 3 is 2.12 bits per heavy atom. The second-order valence-electron chi connectivity index (χ2n) is 3.26. The third-order valence-electron chi connectivity index (χ3n) is 2.20. The number of carboxylic acids is 1. The molecule has 94 valence electrons. The number of carbonyl (C=O) groups is 2. The first-order valence-corrected chi connectivity index (χ1v) is 5.31. The molecule has 0 saturated carbocycles. The summed E-state index contributed by atoms with van der Waals surface area (Å²) < 4.78 is 4.85. The molecule has 0 bridgehead atoms. The van der Waals surface area contributed by atoms with E-state index in [2.05, 4.69) is 0 Å². The van der Waals surface area contributed by atoms with Crippen LogP contribution in [0.25, 0.3) is 0 Å². The van der Waals surface area contributed by atoms with E-state index in [1.54, 1.807) is 4.90 Å². The maximum absolute atomic E-state index is 11.9. The molecule has 1 N–H and O–H groups in total. The topological polar surface area (TPSA) is 70.1 Å². The summed E-state index contributed by atoms with van der Waals surface area (Å²) in [6, 6.07) is -0.260. The molecule has 0 aliphatic carbocycles. The van der Waals surface area contributed by atoms with Crippen LogP contribution in [0.5, 0.6) is 0 Å². The molecule has 0 rings (SSSR count). The first-order valence-electron chi connectivity index (χ1n) is 5.31. The molecular formula is C10H20N2O4. The van der Waals surface area contributed by atoms with Gasteiger partial charge >= 0.3 is 12.0 Å². The van der Waals surface area contributed by atoms with Crippen LogP contribution >= 0.6 is 0 Å². The Hall–Kier alpha value is -1.30. The van der Waals surface area contributed by atoms with E-state index in [4.69, 9.17) is 9.84 Å². The summed E-state index contributed by atoms with van der Waals surface area (Å²) in [5, 5.41) is 8.71. The van der Waals surface area contributed by atoms with E-state index in [0.29, 0.717) is 19.7 Å². The second-order valence-corrected chi connectivity index (χ2v) is 3.26. The monoisotopic (exact) mass is 232 g/mol. The number of rotatable bonds is 7. The number of ether oxygens (including phenoxy) is 1. The third kappa shape index (κ3) is 4.97. The largest absolute Gasteiger partial charge is 0.480 e. The smallest absolute Gasteiger partial charge is 0.323 e. The lowest BCUT2D eigenvalue weighted by atomic mass is 10.4.